The first kappa shape index (κ1) is 14.5. The lowest BCUT2D eigenvalue weighted by Crippen LogP contribution is -2.42. The van der Waals surface area contributed by atoms with Crippen LogP contribution in [0.15, 0.2) is 12.1 Å². The van der Waals surface area contributed by atoms with E-state index in [1.807, 2.05) is 12.1 Å². The van der Waals surface area contributed by atoms with Gasteiger partial charge in [-0.3, -0.25) is 0 Å². The maximum atomic E-state index is 6.44. The summed E-state index contributed by atoms with van der Waals surface area (Å²) in [6.07, 6.45) is 5.84. The molecule has 0 amide bonds. The van der Waals surface area contributed by atoms with Crippen LogP contribution in [0.3, 0.4) is 0 Å². The van der Waals surface area contributed by atoms with Gasteiger partial charge in [-0.2, -0.15) is 0 Å². The van der Waals surface area contributed by atoms with Crippen molar-refractivity contribution in [2.75, 3.05) is 20.8 Å². The molecule has 1 aromatic rings. The van der Waals surface area contributed by atoms with Gasteiger partial charge in [0.1, 0.15) is 22.8 Å². The first-order valence-corrected chi connectivity index (χ1v) is 7.89. The van der Waals surface area contributed by atoms with Gasteiger partial charge in [0.15, 0.2) is 0 Å². The molecule has 4 nitrogen and oxygen atoms in total. The van der Waals surface area contributed by atoms with Gasteiger partial charge in [0.25, 0.3) is 0 Å². The second kappa shape index (κ2) is 5.76. The summed E-state index contributed by atoms with van der Waals surface area (Å²) in [4.78, 5) is 0. The van der Waals surface area contributed by atoms with E-state index in [1.165, 1.54) is 12.8 Å². The summed E-state index contributed by atoms with van der Waals surface area (Å²) in [5.74, 6) is 2.56. The number of nitrogens with one attached hydrogen (secondary N) is 1. The Hall–Kier alpha value is -1.42. The van der Waals surface area contributed by atoms with Crippen molar-refractivity contribution >= 4 is 0 Å². The van der Waals surface area contributed by atoms with E-state index in [-0.39, 0.29) is 11.6 Å². The van der Waals surface area contributed by atoms with E-state index < -0.39 is 0 Å². The average Bonchev–Trinajstić information content (AvgIpc) is 2.93. The van der Waals surface area contributed by atoms with E-state index in [4.69, 9.17) is 14.2 Å². The van der Waals surface area contributed by atoms with Crippen molar-refractivity contribution < 1.29 is 14.2 Å². The Bertz CT molecular complexity index is 509. The van der Waals surface area contributed by atoms with Crippen molar-refractivity contribution in [3.05, 3.63) is 17.7 Å². The van der Waals surface area contributed by atoms with Crippen LogP contribution >= 0.6 is 0 Å². The lowest BCUT2D eigenvalue weighted by atomic mass is 9.85. The van der Waals surface area contributed by atoms with Gasteiger partial charge in [-0.15, -0.1) is 0 Å². The van der Waals surface area contributed by atoms with Crippen molar-refractivity contribution in [3.63, 3.8) is 0 Å². The van der Waals surface area contributed by atoms with Crippen LogP contribution in [-0.4, -0.2) is 26.4 Å². The molecule has 1 saturated carbocycles. The molecular formula is C17H25NO3. The number of hydrogen-bond donors (Lipinski definition) is 1. The molecule has 1 fully saturated rings. The van der Waals surface area contributed by atoms with E-state index in [0.717, 1.165) is 48.6 Å². The molecular weight excluding hydrogens is 266 g/mol. The summed E-state index contributed by atoms with van der Waals surface area (Å²) in [5.41, 5.74) is 1.13. The minimum absolute atomic E-state index is 0.00277. The molecule has 1 unspecified atom stereocenters. The highest BCUT2D eigenvalue weighted by atomic mass is 16.5. The molecule has 3 rings (SSSR count). The number of benzene rings is 1. The third-order valence-corrected chi connectivity index (χ3v) is 4.75. The predicted molar refractivity (Wildman–Crippen MR) is 82.4 cm³/mol. The Kier molecular flexibility index (Phi) is 3.98. The quantitative estimate of drug-likeness (QED) is 0.922. The maximum absolute atomic E-state index is 6.44. The number of ether oxygens (including phenoxy) is 3. The Balaban J connectivity index is 2.05. The van der Waals surface area contributed by atoms with Crippen molar-refractivity contribution in [2.45, 2.75) is 50.7 Å². The summed E-state index contributed by atoms with van der Waals surface area (Å²) >= 11 is 0. The Labute approximate surface area is 126 Å². The van der Waals surface area contributed by atoms with Crippen LogP contribution in [-0.2, 0) is 0 Å². The molecule has 1 N–H and O–H groups in total. The Morgan fingerprint density at radius 1 is 1.24 bits per heavy atom. The van der Waals surface area contributed by atoms with Gasteiger partial charge in [0.2, 0.25) is 0 Å². The summed E-state index contributed by atoms with van der Waals surface area (Å²) < 4.78 is 17.4. The molecule has 0 bridgehead atoms. The second-order valence-electron chi connectivity index (χ2n) is 6.05. The Morgan fingerprint density at radius 2 is 2.00 bits per heavy atom. The van der Waals surface area contributed by atoms with Gasteiger partial charge < -0.3 is 19.5 Å². The molecule has 0 aromatic heterocycles. The van der Waals surface area contributed by atoms with E-state index in [1.54, 1.807) is 14.2 Å². The fourth-order valence-electron chi connectivity index (χ4n) is 3.79. The molecule has 0 saturated heterocycles. The van der Waals surface area contributed by atoms with Crippen molar-refractivity contribution in [1.29, 1.82) is 0 Å². The van der Waals surface area contributed by atoms with Crippen molar-refractivity contribution in [2.24, 2.45) is 0 Å². The van der Waals surface area contributed by atoms with Crippen LogP contribution in [0.2, 0.25) is 0 Å². The molecule has 21 heavy (non-hydrogen) atoms. The third-order valence-electron chi connectivity index (χ3n) is 4.75. The third kappa shape index (κ3) is 2.57. The summed E-state index contributed by atoms with van der Waals surface area (Å²) in [6.45, 7) is 3.09. The Morgan fingerprint density at radius 3 is 2.62 bits per heavy atom. The van der Waals surface area contributed by atoms with Gasteiger partial charge in [-0.05, 0) is 32.2 Å². The SMILES string of the molecule is CCNC1CC2(CCCC2)Oc2cc(OC)cc(OC)c21. The molecule has 0 radical (unpaired) electrons. The number of methoxy groups -OCH3 is 2. The highest BCUT2D eigenvalue weighted by Gasteiger charge is 2.44. The lowest BCUT2D eigenvalue weighted by Gasteiger charge is -2.41. The highest BCUT2D eigenvalue weighted by Crippen LogP contribution is 2.51. The van der Waals surface area contributed by atoms with Gasteiger partial charge >= 0.3 is 0 Å². The number of rotatable bonds is 4. The van der Waals surface area contributed by atoms with Crippen LogP contribution in [0.1, 0.15) is 50.6 Å². The highest BCUT2D eigenvalue weighted by molar-refractivity contribution is 5.54. The standard InChI is InChI=1S/C17H25NO3/c1-4-18-13-11-17(7-5-6-8-17)21-15-10-12(19-2)9-14(20-3)16(13)15/h9-10,13,18H,4-8,11H2,1-3H3. The average molecular weight is 291 g/mol. The van der Waals surface area contributed by atoms with E-state index >= 15 is 0 Å². The summed E-state index contributed by atoms with van der Waals surface area (Å²) in [5, 5.41) is 3.60. The second-order valence-corrected chi connectivity index (χ2v) is 6.05. The molecule has 4 heteroatoms. The van der Waals surface area contributed by atoms with E-state index in [0.29, 0.717) is 0 Å². The minimum Gasteiger partial charge on any atom is -0.496 e. The zero-order chi connectivity index (χ0) is 14.9. The van der Waals surface area contributed by atoms with Crippen LogP contribution in [0.25, 0.3) is 0 Å². The molecule has 1 spiro atoms. The zero-order valence-electron chi connectivity index (χ0n) is 13.2. The molecule has 1 aromatic carbocycles. The topological polar surface area (TPSA) is 39.7 Å². The van der Waals surface area contributed by atoms with E-state index in [2.05, 4.69) is 12.2 Å². The van der Waals surface area contributed by atoms with Gasteiger partial charge in [-0.1, -0.05) is 6.92 Å². The van der Waals surface area contributed by atoms with E-state index in [9.17, 15) is 0 Å². The summed E-state index contributed by atoms with van der Waals surface area (Å²) in [7, 11) is 3.38. The smallest absolute Gasteiger partial charge is 0.132 e. The largest absolute Gasteiger partial charge is 0.496 e. The first-order chi connectivity index (χ1) is 10.2. The molecule has 1 atom stereocenters. The van der Waals surface area contributed by atoms with Crippen molar-refractivity contribution in [1.82, 2.24) is 5.32 Å². The van der Waals surface area contributed by atoms with Crippen LogP contribution in [0.4, 0.5) is 0 Å². The summed E-state index contributed by atoms with van der Waals surface area (Å²) in [6, 6.07) is 4.23. The molecule has 1 heterocycles. The molecule has 1 aliphatic carbocycles. The van der Waals surface area contributed by atoms with Gasteiger partial charge in [0.05, 0.1) is 19.8 Å². The predicted octanol–water partition coefficient (Wildman–Crippen LogP) is 3.45. The molecule has 116 valence electrons. The number of fused-ring (bicyclic) bond motifs is 1. The van der Waals surface area contributed by atoms with Crippen LogP contribution < -0.4 is 19.5 Å². The van der Waals surface area contributed by atoms with Gasteiger partial charge in [0, 0.05) is 24.6 Å². The first-order valence-electron chi connectivity index (χ1n) is 7.89. The normalized spacial score (nSPS) is 22.7. The fourth-order valence-corrected chi connectivity index (χ4v) is 3.79. The minimum atomic E-state index is -0.00277. The van der Waals surface area contributed by atoms with Gasteiger partial charge in [-0.25, -0.2) is 0 Å². The van der Waals surface area contributed by atoms with Crippen molar-refractivity contribution in [3.8, 4) is 17.2 Å². The van der Waals surface area contributed by atoms with Crippen LogP contribution in [0, 0.1) is 0 Å². The van der Waals surface area contributed by atoms with Crippen LogP contribution in [0.5, 0.6) is 17.2 Å². The molecule has 1 aliphatic heterocycles. The zero-order valence-corrected chi connectivity index (χ0v) is 13.2. The fraction of sp³-hybridized carbons (Fsp3) is 0.647. The molecule has 2 aliphatic rings. The maximum Gasteiger partial charge on any atom is 0.132 e. The lowest BCUT2D eigenvalue weighted by molar-refractivity contribution is 0.0358. The monoisotopic (exact) mass is 291 g/mol. The number of hydrogen-bond acceptors (Lipinski definition) is 4.